The quantitative estimate of drug-likeness (QED) is 0.552. The zero-order valence-electron chi connectivity index (χ0n) is 5.20. The highest BCUT2D eigenvalue weighted by Crippen LogP contribution is 2.25. The van der Waals surface area contributed by atoms with Crippen molar-refractivity contribution < 1.29 is 4.39 Å². The molecule has 0 N–H and O–H groups in total. The average molecular weight is 191 g/mol. The molecule has 0 bridgehead atoms. The minimum Gasteiger partial charge on any atom is -0.241 e. The SMILES string of the molecule is CC1=CC=C(Br)C(F)C1. The largest absolute Gasteiger partial charge is 0.241 e. The molecule has 0 nitrogen and oxygen atoms in total. The molecule has 0 amide bonds. The van der Waals surface area contributed by atoms with Crippen LogP contribution in [0.4, 0.5) is 4.39 Å². The minimum atomic E-state index is -0.810. The van der Waals surface area contributed by atoms with E-state index in [0.29, 0.717) is 10.9 Å². The summed E-state index contributed by atoms with van der Waals surface area (Å²) >= 11 is 3.12. The first-order chi connectivity index (χ1) is 4.20. The number of halogens is 2. The van der Waals surface area contributed by atoms with Crippen LogP contribution in [-0.2, 0) is 0 Å². The topological polar surface area (TPSA) is 0 Å². The Morgan fingerprint density at radius 2 is 2.33 bits per heavy atom. The van der Waals surface area contributed by atoms with Crippen molar-refractivity contribution in [3.8, 4) is 0 Å². The number of alkyl halides is 1. The van der Waals surface area contributed by atoms with Gasteiger partial charge in [0.05, 0.1) is 0 Å². The first kappa shape index (κ1) is 7.00. The maximum atomic E-state index is 12.7. The molecule has 0 saturated heterocycles. The standard InChI is InChI=1S/C7H8BrF/c1-5-2-3-6(8)7(9)4-5/h2-3,7H,4H2,1H3. The van der Waals surface area contributed by atoms with Gasteiger partial charge in [0.15, 0.2) is 0 Å². The van der Waals surface area contributed by atoms with Crippen LogP contribution in [0.3, 0.4) is 0 Å². The Kier molecular flexibility index (Phi) is 2.06. The molecule has 0 aromatic carbocycles. The third-order valence-corrected chi connectivity index (χ3v) is 2.09. The fourth-order valence-corrected chi connectivity index (χ4v) is 1.07. The van der Waals surface area contributed by atoms with Crippen molar-refractivity contribution in [3.05, 3.63) is 22.2 Å². The lowest BCUT2D eigenvalue weighted by Crippen LogP contribution is -2.03. The van der Waals surface area contributed by atoms with Gasteiger partial charge in [0.2, 0.25) is 0 Å². The number of allylic oxidation sites excluding steroid dienone is 4. The Labute approximate surface area is 62.6 Å². The van der Waals surface area contributed by atoms with Crippen molar-refractivity contribution in [2.45, 2.75) is 19.5 Å². The fourth-order valence-electron chi connectivity index (χ4n) is 0.775. The van der Waals surface area contributed by atoms with E-state index in [0.717, 1.165) is 5.57 Å². The van der Waals surface area contributed by atoms with Gasteiger partial charge in [-0.2, -0.15) is 0 Å². The Morgan fingerprint density at radius 3 is 2.78 bits per heavy atom. The van der Waals surface area contributed by atoms with Crippen molar-refractivity contribution in [1.82, 2.24) is 0 Å². The van der Waals surface area contributed by atoms with Gasteiger partial charge < -0.3 is 0 Å². The highest BCUT2D eigenvalue weighted by atomic mass is 79.9. The number of hydrogen-bond acceptors (Lipinski definition) is 0. The molecule has 1 aliphatic carbocycles. The molecular weight excluding hydrogens is 183 g/mol. The van der Waals surface area contributed by atoms with Crippen LogP contribution >= 0.6 is 15.9 Å². The van der Waals surface area contributed by atoms with Gasteiger partial charge in [-0.15, -0.1) is 0 Å². The summed E-state index contributed by atoms with van der Waals surface area (Å²) in [5.41, 5.74) is 1.10. The highest BCUT2D eigenvalue weighted by molar-refractivity contribution is 9.11. The second-order valence-electron chi connectivity index (χ2n) is 2.24. The van der Waals surface area contributed by atoms with E-state index < -0.39 is 6.17 Å². The van der Waals surface area contributed by atoms with Gasteiger partial charge in [-0.3, -0.25) is 0 Å². The molecule has 1 unspecified atom stereocenters. The number of hydrogen-bond donors (Lipinski definition) is 0. The van der Waals surface area contributed by atoms with E-state index in [-0.39, 0.29) is 0 Å². The van der Waals surface area contributed by atoms with Gasteiger partial charge >= 0.3 is 0 Å². The molecule has 1 rings (SSSR count). The molecule has 0 radical (unpaired) electrons. The van der Waals surface area contributed by atoms with Crippen molar-refractivity contribution in [2.24, 2.45) is 0 Å². The molecular formula is C7H8BrF. The smallest absolute Gasteiger partial charge is 0.135 e. The highest BCUT2D eigenvalue weighted by Gasteiger charge is 2.13. The summed E-state index contributed by atoms with van der Waals surface area (Å²) in [6.45, 7) is 1.93. The zero-order valence-corrected chi connectivity index (χ0v) is 6.78. The van der Waals surface area contributed by atoms with Crippen molar-refractivity contribution in [1.29, 1.82) is 0 Å². The lowest BCUT2D eigenvalue weighted by Gasteiger charge is -2.10. The molecule has 0 spiro atoms. The average Bonchev–Trinajstić information content (AvgIpc) is 1.80. The van der Waals surface area contributed by atoms with Crippen LogP contribution in [0.5, 0.6) is 0 Å². The fraction of sp³-hybridized carbons (Fsp3) is 0.429. The normalized spacial score (nSPS) is 27.2. The van der Waals surface area contributed by atoms with Crippen LogP contribution < -0.4 is 0 Å². The van der Waals surface area contributed by atoms with Gasteiger partial charge in [-0.05, 0) is 13.0 Å². The Balaban J connectivity index is 2.74. The van der Waals surface area contributed by atoms with E-state index in [4.69, 9.17) is 0 Å². The van der Waals surface area contributed by atoms with Crippen molar-refractivity contribution in [2.75, 3.05) is 0 Å². The lowest BCUT2D eigenvalue weighted by atomic mass is 10.1. The zero-order chi connectivity index (χ0) is 6.85. The summed E-state index contributed by atoms with van der Waals surface area (Å²) in [5, 5.41) is 0. The van der Waals surface area contributed by atoms with E-state index in [1.165, 1.54) is 0 Å². The van der Waals surface area contributed by atoms with E-state index >= 15 is 0 Å². The summed E-state index contributed by atoms with van der Waals surface area (Å²) in [4.78, 5) is 0. The van der Waals surface area contributed by atoms with Gasteiger partial charge in [-0.25, -0.2) is 4.39 Å². The number of rotatable bonds is 0. The third-order valence-electron chi connectivity index (χ3n) is 1.33. The molecule has 0 aliphatic heterocycles. The molecule has 0 saturated carbocycles. The third kappa shape index (κ3) is 1.65. The Hall–Kier alpha value is -0.110. The molecule has 1 aliphatic rings. The lowest BCUT2D eigenvalue weighted by molar-refractivity contribution is 0.391. The van der Waals surface area contributed by atoms with Gasteiger partial charge in [0.25, 0.3) is 0 Å². The molecule has 0 aromatic heterocycles. The molecule has 50 valence electrons. The van der Waals surface area contributed by atoms with Gasteiger partial charge in [0.1, 0.15) is 6.17 Å². The second kappa shape index (κ2) is 2.65. The molecule has 9 heavy (non-hydrogen) atoms. The van der Waals surface area contributed by atoms with Crippen LogP contribution in [0.15, 0.2) is 22.2 Å². The summed E-state index contributed by atoms with van der Waals surface area (Å²) in [7, 11) is 0. The van der Waals surface area contributed by atoms with E-state index in [1.807, 2.05) is 13.0 Å². The Morgan fingerprint density at radius 1 is 1.67 bits per heavy atom. The van der Waals surface area contributed by atoms with Crippen LogP contribution in [0.1, 0.15) is 13.3 Å². The molecule has 2 heteroatoms. The first-order valence-corrected chi connectivity index (χ1v) is 3.66. The predicted molar refractivity (Wildman–Crippen MR) is 40.3 cm³/mol. The summed E-state index contributed by atoms with van der Waals surface area (Å²) in [5.74, 6) is 0. The molecule has 0 heterocycles. The van der Waals surface area contributed by atoms with Crippen molar-refractivity contribution in [3.63, 3.8) is 0 Å². The Bertz CT molecular complexity index is 170. The minimum absolute atomic E-state index is 0.539. The van der Waals surface area contributed by atoms with E-state index in [1.54, 1.807) is 6.08 Å². The maximum absolute atomic E-state index is 12.7. The first-order valence-electron chi connectivity index (χ1n) is 2.87. The predicted octanol–water partition coefficient (Wildman–Crippen LogP) is 2.95. The second-order valence-corrected chi connectivity index (χ2v) is 3.15. The van der Waals surface area contributed by atoms with Gasteiger partial charge in [0, 0.05) is 10.9 Å². The van der Waals surface area contributed by atoms with E-state index in [2.05, 4.69) is 15.9 Å². The van der Waals surface area contributed by atoms with Gasteiger partial charge in [-0.1, -0.05) is 27.6 Å². The van der Waals surface area contributed by atoms with Crippen LogP contribution in [0.25, 0.3) is 0 Å². The molecule has 0 aromatic rings. The van der Waals surface area contributed by atoms with Crippen LogP contribution in [0.2, 0.25) is 0 Å². The summed E-state index contributed by atoms with van der Waals surface area (Å²) in [6, 6.07) is 0. The van der Waals surface area contributed by atoms with Crippen molar-refractivity contribution >= 4 is 15.9 Å². The summed E-state index contributed by atoms with van der Waals surface area (Å²) in [6.07, 6.45) is 3.43. The monoisotopic (exact) mass is 190 g/mol. The molecule has 0 fully saturated rings. The molecule has 1 atom stereocenters. The summed E-state index contributed by atoms with van der Waals surface area (Å²) < 4.78 is 13.3. The van der Waals surface area contributed by atoms with Crippen LogP contribution in [0, 0.1) is 0 Å². The van der Waals surface area contributed by atoms with Crippen LogP contribution in [-0.4, -0.2) is 6.17 Å². The van der Waals surface area contributed by atoms with E-state index in [9.17, 15) is 4.39 Å². The maximum Gasteiger partial charge on any atom is 0.135 e.